The molecule has 0 saturated heterocycles. The summed E-state index contributed by atoms with van der Waals surface area (Å²) in [6, 6.07) is 10.8. The summed E-state index contributed by atoms with van der Waals surface area (Å²) in [5.74, 6) is -1.20. The van der Waals surface area contributed by atoms with Gasteiger partial charge < -0.3 is 19.5 Å². The summed E-state index contributed by atoms with van der Waals surface area (Å²) < 4.78 is 15.6. The van der Waals surface area contributed by atoms with Crippen molar-refractivity contribution < 1.29 is 28.6 Å². The van der Waals surface area contributed by atoms with E-state index in [2.05, 4.69) is 5.32 Å². The van der Waals surface area contributed by atoms with Crippen LogP contribution in [0.15, 0.2) is 42.5 Å². The second-order valence-electron chi connectivity index (χ2n) is 7.06. The number of anilines is 1. The molecule has 0 spiro atoms. The van der Waals surface area contributed by atoms with Gasteiger partial charge in [-0.05, 0) is 55.3 Å². The van der Waals surface area contributed by atoms with E-state index in [1.807, 2.05) is 13.8 Å². The van der Waals surface area contributed by atoms with Gasteiger partial charge in [0.2, 0.25) is 0 Å². The lowest BCUT2D eigenvalue weighted by molar-refractivity contribution is -0.153. The SMILES string of the molecule is CC(C)COC(=O)c1ccc(NC(=O)COC(=O)[C@@H](C)Oc2ccc(Cl)cc2Cl)cc1. The number of halogens is 2. The molecule has 0 aliphatic carbocycles. The van der Waals surface area contributed by atoms with E-state index in [9.17, 15) is 14.4 Å². The first-order chi connectivity index (χ1) is 14.7. The Hall–Kier alpha value is -2.77. The van der Waals surface area contributed by atoms with Crippen molar-refractivity contribution in [3.63, 3.8) is 0 Å². The fourth-order valence-corrected chi connectivity index (χ4v) is 2.73. The summed E-state index contributed by atoms with van der Waals surface area (Å²) in [6.07, 6.45) is -0.984. The van der Waals surface area contributed by atoms with E-state index in [0.29, 0.717) is 22.9 Å². The third-order valence-electron chi connectivity index (χ3n) is 3.83. The van der Waals surface area contributed by atoms with Crippen LogP contribution in [0.25, 0.3) is 0 Å². The maximum absolute atomic E-state index is 12.1. The predicted molar refractivity (Wildman–Crippen MR) is 118 cm³/mol. The summed E-state index contributed by atoms with van der Waals surface area (Å²) >= 11 is 11.8. The Bertz CT molecular complexity index is 930. The fourth-order valence-electron chi connectivity index (χ4n) is 2.28. The lowest BCUT2D eigenvalue weighted by atomic mass is 10.2. The number of carbonyl (C=O) groups is 3. The van der Waals surface area contributed by atoms with Crippen LogP contribution < -0.4 is 10.1 Å². The van der Waals surface area contributed by atoms with Crippen LogP contribution in [-0.4, -0.2) is 37.2 Å². The van der Waals surface area contributed by atoms with Gasteiger partial charge in [0.15, 0.2) is 12.7 Å². The second-order valence-corrected chi connectivity index (χ2v) is 7.90. The van der Waals surface area contributed by atoms with Crippen LogP contribution in [0.4, 0.5) is 5.69 Å². The smallest absolute Gasteiger partial charge is 0.347 e. The largest absolute Gasteiger partial charge is 0.477 e. The molecule has 1 atom stereocenters. The highest BCUT2D eigenvalue weighted by atomic mass is 35.5. The van der Waals surface area contributed by atoms with E-state index < -0.39 is 30.6 Å². The number of esters is 2. The first kappa shape index (κ1) is 24.5. The number of hydrogen-bond acceptors (Lipinski definition) is 6. The van der Waals surface area contributed by atoms with E-state index in [1.54, 1.807) is 18.2 Å². The van der Waals surface area contributed by atoms with E-state index in [4.69, 9.17) is 37.4 Å². The average molecular weight is 468 g/mol. The van der Waals surface area contributed by atoms with Crippen molar-refractivity contribution in [2.75, 3.05) is 18.5 Å². The molecule has 2 aromatic carbocycles. The van der Waals surface area contributed by atoms with Gasteiger partial charge in [0.05, 0.1) is 17.2 Å². The van der Waals surface area contributed by atoms with Gasteiger partial charge in [-0.1, -0.05) is 37.0 Å². The normalized spacial score (nSPS) is 11.5. The Morgan fingerprint density at radius 3 is 2.26 bits per heavy atom. The minimum atomic E-state index is -0.984. The molecule has 1 N–H and O–H groups in total. The van der Waals surface area contributed by atoms with Gasteiger partial charge in [0.25, 0.3) is 5.91 Å². The van der Waals surface area contributed by atoms with Gasteiger partial charge in [-0.2, -0.15) is 0 Å². The Kier molecular flexibility index (Phi) is 9.15. The molecule has 0 bridgehead atoms. The first-order valence-corrected chi connectivity index (χ1v) is 10.3. The maximum atomic E-state index is 12.1. The molecule has 0 unspecified atom stereocenters. The van der Waals surface area contributed by atoms with Crippen molar-refractivity contribution in [2.24, 2.45) is 5.92 Å². The van der Waals surface area contributed by atoms with Gasteiger partial charge in [0.1, 0.15) is 5.75 Å². The average Bonchev–Trinajstić information content (AvgIpc) is 2.72. The lowest BCUT2D eigenvalue weighted by Gasteiger charge is -2.15. The highest BCUT2D eigenvalue weighted by Crippen LogP contribution is 2.28. The topological polar surface area (TPSA) is 90.9 Å². The molecule has 0 aliphatic heterocycles. The monoisotopic (exact) mass is 467 g/mol. The van der Waals surface area contributed by atoms with Crippen LogP contribution in [0.1, 0.15) is 31.1 Å². The molecular formula is C22H23Cl2NO6. The van der Waals surface area contributed by atoms with Crippen LogP contribution in [-0.2, 0) is 19.1 Å². The third-order valence-corrected chi connectivity index (χ3v) is 4.36. The minimum Gasteiger partial charge on any atom is -0.477 e. The second kappa shape index (κ2) is 11.6. The molecule has 0 heterocycles. The van der Waals surface area contributed by atoms with E-state index in [0.717, 1.165) is 0 Å². The maximum Gasteiger partial charge on any atom is 0.347 e. The van der Waals surface area contributed by atoms with Gasteiger partial charge in [-0.3, -0.25) is 4.79 Å². The summed E-state index contributed by atoms with van der Waals surface area (Å²) in [4.78, 5) is 36.0. The molecule has 166 valence electrons. The first-order valence-electron chi connectivity index (χ1n) is 9.51. The highest BCUT2D eigenvalue weighted by Gasteiger charge is 2.19. The predicted octanol–water partition coefficient (Wildman–Crippen LogP) is 4.76. The Morgan fingerprint density at radius 2 is 1.65 bits per heavy atom. The van der Waals surface area contributed by atoms with Crippen LogP contribution in [0.3, 0.4) is 0 Å². The molecule has 0 radical (unpaired) electrons. The standard InChI is InChI=1S/C22H23Cl2NO6/c1-13(2)11-29-22(28)15-4-7-17(8-5-15)25-20(26)12-30-21(27)14(3)31-19-9-6-16(23)10-18(19)24/h4-10,13-14H,11-12H2,1-3H3,(H,25,26)/t14-/m1/s1. The van der Waals surface area contributed by atoms with Crippen LogP contribution in [0, 0.1) is 5.92 Å². The number of nitrogens with one attached hydrogen (secondary N) is 1. The number of amides is 1. The number of benzene rings is 2. The van der Waals surface area contributed by atoms with Crippen molar-refractivity contribution in [1.82, 2.24) is 0 Å². The van der Waals surface area contributed by atoms with Gasteiger partial charge in [0, 0.05) is 10.7 Å². The number of rotatable bonds is 9. The molecular weight excluding hydrogens is 445 g/mol. The molecule has 2 rings (SSSR count). The Morgan fingerprint density at radius 1 is 0.968 bits per heavy atom. The van der Waals surface area contributed by atoms with E-state index in [1.165, 1.54) is 31.2 Å². The number of hydrogen-bond donors (Lipinski definition) is 1. The number of carbonyl (C=O) groups excluding carboxylic acids is 3. The highest BCUT2D eigenvalue weighted by molar-refractivity contribution is 6.35. The van der Waals surface area contributed by atoms with Crippen LogP contribution in [0.5, 0.6) is 5.75 Å². The van der Waals surface area contributed by atoms with Gasteiger partial charge in [-0.15, -0.1) is 0 Å². The molecule has 1 amide bonds. The molecule has 0 aliphatic rings. The molecule has 2 aromatic rings. The van der Waals surface area contributed by atoms with Gasteiger partial charge >= 0.3 is 11.9 Å². The van der Waals surface area contributed by atoms with E-state index >= 15 is 0 Å². The summed E-state index contributed by atoms with van der Waals surface area (Å²) in [5.41, 5.74) is 0.815. The zero-order chi connectivity index (χ0) is 23.0. The quantitative estimate of drug-likeness (QED) is 0.534. The van der Waals surface area contributed by atoms with Crippen molar-refractivity contribution in [3.05, 3.63) is 58.1 Å². The molecule has 9 heteroatoms. The Labute approximate surface area is 190 Å². The fraction of sp³-hybridized carbons (Fsp3) is 0.318. The van der Waals surface area contributed by atoms with Crippen LogP contribution in [0.2, 0.25) is 10.0 Å². The number of ether oxygens (including phenoxy) is 3. The van der Waals surface area contributed by atoms with E-state index in [-0.39, 0.29) is 16.7 Å². The zero-order valence-corrected chi connectivity index (χ0v) is 18.8. The third kappa shape index (κ3) is 8.11. The molecule has 31 heavy (non-hydrogen) atoms. The summed E-state index contributed by atoms with van der Waals surface area (Å²) in [6.45, 7) is 5.19. The minimum absolute atomic E-state index is 0.238. The molecule has 0 aromatic heterocycles. The van der Waals surface area contributed by atoms with Crippen molar-refractivity contribution >= 4 is 46.7 Å². The Balaban J connectivity index is 1.80. The lowest BCUT2D eigenvalue weighted by Crippen LogP contribution is -2.29. The van der Waals surface area contributed by atoms with Crippen LogP contribution >= 0.6 is 23.2 Å². The van der Waals surface area contributed by atoms with Gasteiger partial charge in [-0.25, -0.2) is 9.59 Å². The van der Waals surface area contributed by atoms with Crippen molar-refractivity contribution in [2.45, 2.75) is 26.9 Å². The summed E-state index contributed by atoms with van der Waals surface area (Å²) in [5, 5.41) is 3.26. The summed E-state index contributed by atoms with van der Waals surface area (Å²) in [7, 11) is 0. The molecule has 0 fully saturated rings. The van der Waals surface area contributed by atoms with Crippen molar-refractivity contribution in [3.8, 4) is 5.75 Å². The molecule has 7 nitrogen and oxygen atoms in total. The zero-order valence-electron chi connectivity index (χ0n) is 17.3. The molecule has 0 saturated carbocycles. The van der Waals surface area contributed by atoms with Crippen molar-refractivity contribution in [1.29, 1.82) is 0 Å².